The number of ether oxygens (including phenoxy) is 2. The Hall–Kier alpha value is -2.24. The minimum absolute atomic E-state index is 0.141. The number of carboxylic acid groups (broad SMARTS) is 2. The predicted molar refractivity (Wildman–Crippen MR) is 83.0 cm³/mol. The van der Waals surface area contributed by atoms with Gasteiger partial charge in [0.05, 0.1) is 0 Å². The average Bonchev–Trinajstić information content (AvgIpc) is 2.38. The number of carbonyl (C=O) groups is 2. The monoisotopic (exact) mass is 312 g/mol. The van der Waals surface area contributed by atoms with Crippen molar-refractivity contribution in [3.05, 3.63) is 23.8 Å². The Kier molecular flexibility index (Phi) is 8.01. The highest BCUT2D eigenvalue weighted by Crippen LogP contribution is 2.33. The molecular formula is C16H24O6. The van der Waals surface area contributed by atoms with E-state index < -0.39 is 12.3 Å². The zero-order valence-corrected chi connectivity index (χ0v) is 13.7. The van der Waals surface area contributed by atoms with Crippen molar-refractivity contribution in [1.29, 1.82) is 0 Å². The lowest BCUT2D eigenvalue weighted by Crippen LogP contribution is -2.13. The van der Waals surface area contributed by atoms with E-state index in [0.717, 1.165) is 5.56 Å². The molecule has 1 aromatic carbocycles. The van der Waals surface area contributed by atoms with E-state index in [1.807, 2.05) is 20.8 Å². The van der Waals surface area contributed by atoms with Crippen LogP contribution in [0, 0.1) is 0 Å². The Bertz CT molecular complexity index is 500. The van der Waals surface area contributed by atoms with Gasteiger partial charge in [-0.3, -0.25) is 0 Å². The van der Waals surface area contributed by atoms with Crippen LogP contribution in [-0.2, 0) is 5.41 Å². The summed E-state index contributed by atoms with van der Waals surface area (Å²) in [5, 5.41) is 17.1. The standard InChI is InChI=1S/C12H14O6.C4H10/c1-12(2,3)7-4-5-8(17-10(13)14)9(6-7)18-11(15)16;1-3-4-2/h4-6H,1-3H3,(H,13,14)(H,15,16);3-4H2,1-2H3. The largest absolute Gasteiger partial charge is 0.511 e. The van der Waals surface area contributed by atoms with Gasteiger partial charge in [-0.15, -0.1) is 0 Å². The molecule has 124 valence electrons. The molecule has 22 heavy (non-hydrogen) atoms. The molecule has 0 heterocycles. The lowest BCUT2D eigenvalue weighted by Gasteiger charge is -2.20. The van der Waals surface area contributed by atoms with Crippen LogP contribution in [0.15, 0.2) is 18.2 Å². The summed E-state index contributed by atoms with van der Waals surface area (Å²) >= 11 is 0. The van der Waals surface area contributed by atoms with Crippen molar-refractivity contribution in [1.82, 2.24) is 0 Å². The van der Waals surface area contributed by atoms with Gasteiger partial charge in [-0.25, -0.2) is 9.59 Å². The van der Waals surface area contributed by atoms with Crippen LogP contribution in [0.5, 0.6) is 11.5 Å². The Morgan fingerprint density at radius 2 is 1.41 bits per heavy atom. The second-order valence-corrected chi connectivity index (χ2v) is 5.65. The molecule has 0 atom stereocenters. The van der Waals surface area contributed by atoms with Gasteiger partial charge in [-0.05, 0) is 23.1 Å². The Morgan fingerprint density at radius 3 is 1.77 bits per heavy atom. The van der Waals surface area contributed by atoms with Crippen molar-refractivity contribution in [2.75, 3.05) is 0 Å². The second kappa shape index (κ2) is 8.92. The lowest BCUT2D eigenvalue weighted by atomic mass is 9.87. The minimum Gasteiger partial charge on any atom is -0.449 e. The zero-order chi connectivity index (χ0) is 17.3. The molecule has 0 aromatic heterocycles. The highest BCUT2D eigenvalue weighted by Gasteiger charge is 2.19. The summed E-state index contributed by atoms with van der Waals surface area (Å²) in [6.45, 7) is 10.2. The first-order chi connectivity index (χ1) is 10.1. The van der Waals surface area contributed by atoms with E-state index in [1.165, 1.54) is 25.0 Å². The number of benzene rings is 1. The smallest absolute Gasteiger partial charge is 0.449 e. The summed E-state index contributed by atoms with van der Waals surface area (Å²) in [7, 11) is 0. The summed E-state index contributed by atoms with van der Waals surface area (Å²) in [6, 6.07) is 4.48. The van der Waals surface area contributed by atoms with Gasteiger partial charge in [0, 0.05) is 0 Å². The number of rotatable bonds is 3. The molecule has 1 aromatic rings. The fraction of sp³-hybridized carbons (Fsp3) is 0.500. The van der Waals surface area contributed by atoms with Gasteiger partial charge in [0.15, 0.2) is 11.5 Å². The van der Waals surface area contributed by atoms with Crippen LogP contribution in [0.25, 0.3) is 0 Å². The topological polar surface area (TPSA) is 93.1 Å². The Balaban J connectivity index is 0.000000980. The molecule has 0 saturated heterocycles. The lowest BCUT2D eigenvalue weighted by molar-refractivity contribution is 0.132. The molecule has 0 aliphatic rings. The number of hydrogen-bond acceptors (Lipinski definition) is 4. The predicted octanol–water partition coefficient (Wildman–Crippen LogP) is 4.90. The van der Waals surface area contributed by atoms with Crippen LogP contribution in [0.1, 0.15) is 53.0 Å². The fourth-order valence-electron chi connectivity index (χ4n) is 1.33. The maximum atomic E-state index is 10.5. The molecule has 0 aliphatic carbocycles. The van der Waals surface area contributed by atoms with E-state index in [1.54, 1.807) is 6.07 Å². The average molecular weight is 312 g/mol. The molecule has 0 spiro atoms. The molecule has 0 amide bonds. The van der Waals surface area contributed by atoms with Crippen LogP contribution < -0.4 is 9.47 Å². The second-order valence-electron chi connectivity index (χ2n) is 5.65. The third-order valence-corrected chi connectivity index (χ3v) is 2.70. The summed E-state index contributed by atoms with van der Waals surface area (Å²) < 4.78 is 8.95. The quantitative estimate of drug-likeness (QED) is 0.609. The van der Waals surface area contributed by atoms with Crippen molar-refractivity contribution in [3.8, 4) is 11.5 Å². The van der Waals surface area contributed by atoms with E-state index >= 15 is 0 Å². The molecule has 6 heteroatoms. The van der Waals surface area contributed by atoms with Gasteiger partial charge in [-0.2, -0.15) is 0 Å². The first-order valence-corrected chi connectivity index (χ1v) is 7.07. The van der Waals surface area contributed by atoms with Crippen LogP contribution >= 0.6 is 0 Å². The van der Waals surface area contributed by atoms with Gasteiger partial charge in [-0.1, -0.05) is 53.5 Å². The third-order valence-electron chi connectivity index (χ3n) is 2.70. The van der Waals surface area contributed by atoms with Crippen molar-refractivity contribution in [3.63, 3.8) is 0 Å². The van der Waals surface area contributed by atoms with E-state index in [2.05, 4.69) is 23.3 Å². The molecule has 0 unspecified atom stereocenters. The number of hydrogen-bond donors (Lipinski definition) is 2. The first-order valence-electron chi connectivity index (χ1n) is 7.07. The van der Waals surface area contributed by atoms with Crippen molar-refractivity contribution in [2.45, 2.75) is 52.9 Å². The Labute approximate surface area is 130 Å². The zero-order valence-electron chi connectivity index (χ0n) is 13.7. The molecule has 2 N–H and O–H groups in total. The molecular weight excluding hydrogens is 288 g/mol. The summed E-state index contributed by atoms with van der Waals surface area (Å²) in [4.78, 5) is 21.0. The molecule has 0 saturated carbocycles. The van der Waals surface area contributed by atoms with Gasteiger partial charge in [0.1, 0.15) is 0 Å². The Morgan fingerprint density at radius 1 is 0.955 bits per heavy atom. The van der Waals surface area contributed by atoms with E-state index in [9.17, 15) is 9.59 Å². The van der Waals surface area contributed by atoms with E-state index in [0.29, 0.717) is 0 Å². The van der Waals surface area contributed by atoms with E-state index in [4.69, 9.17) is 10.2 Å². The van der Waals surface area contributed by atoms with Crippen LogP contribution in [-0.4, -0.2) is 22.5 Å². The highest BCUT2D eigenvalue weighted by molar-refractivity contribution is 5.67. The molecule has 6 nitrogen and oxygen atoms in total. The van der Waals surface area contributed by atoms with Gasteiger partial charge < -0.3 is 19.7 Å². The summed E-state index contributed by atoms with van der Waals surface area (Å²) in [5.41, 5.74) is 0.578. The van der Waals surface area contributed by atoms with Crippen LogP contribution in [0.3, 0.4) is 0 Å². The number of unbranched alkanes of at least 4 members (excludes halogenated alkanes) is 1. The van der Waals surface area contributed by atoms with Crippen molar-refractivity contribution < 1.29 is 29.3 Å². The van der Waals surface area contributed by atoms with Crippen LogP contribution in [0.2, 0.25) is 0 Å². The molecule has 0 radical (unpaired) electrons. The summed E-state index contributed by atoms with van der Waals surface area (Å²) in [5.74, 6) is -0.296. The van der Waals surface area contributed by atoms with E-state index in [-0.39, 0.29) is 16.9 Å². The molecule has 1 rings (SSSR count). The van der Waals surface area contributed by atoms with Crippen molar-refractivity contribution >= 4 is 12.3 Å². The minimum atomic E-state index is -1.53. The van der Waals surface area contributed by atoms with Crippen LogP contribution in [0.4, 0.5) is 9.59 Å². The normalized spacial score (nSPS) is 10.2. The third kappa shape index (κ3) is 7.52. The van der Waals surface area contributed by atoms with Crippen molar-refractivity contribution in [2.24, 2.45) is 0 Å². The molecule has 0 aliphatic heterocycles. The SMILES string of the molecule is CC(C)(C)c1ccc(OC(=O)O)c(OC(=O)O)c1.CCCC. The first kappa shape index (κ1) is 19.8. The maximum absolute atomic E-state index is 10.5. The molecule has 0 fully saturated rings. The molecule has 0 bridgehead atoms. The van der Waals surface area contributed by atoms with Gasteiger partial charge in [0.25, 0.3) is 0 Å². The fourth-order valence-corrected chi connectivity index (χ4v) is 1.33. The van der Waals surface area contributed by atoms with Gasteiger partial charge >= 0.3 is 12.3 Å². The maximum Gasteiger partial charge on any atom is 0.511 e. The summed E-state index contributed by atoms with van der Waals surface area (Å²) in [6.07, 6.45) is -0.426. The van der Waals surface area contributed by atoms with Gasteiger partial charge in [0.2, 0.25) is 0 Å². The highest BCUT2D eigenvalue weighted by atomic mass is 16.7.